The Morgan fingerprint density at radius 3 is 2.48 bits per heavy atom. The third-order valence-electron chi connectivity index (χ3n) is 4.86. The minimum atomic E-state index is -0.283. The molecule has 2 aromatic rings. The molecule has 1 amide bonds. The maximum atomic E-state index is 12.9. The van der Waals surface area contributed by atoms with E-state index in [1.807, 2.05) is 33.8 Å². The van der Waals surface area contributed by atoms with Gasteiger partial charge in [-0.2, -0.15) is 4.98 Å². The molecule has 1 atom stereocenters. The summed E-state index contributed by atoms with van der Waals surface area (Å²) in [5.41, 5.74) is 2.78. The maximum Gasteiger partial charge on any atom is 0.253 e. The van der Waals surface area contributed by atoms with Crippen molar-refractivity contribution in [3.05, 3.63) is 34.7 Å². The molecule has 6 nitrogen and oxygen atoms in total. The van der Waals surface area contributed by atoms with E-state index >= 15 is 0 Å². The summed E-state index contributed by atoms with van der Waals surface area (Å²) in [6.07, 6.45) is 2.25. The largest absolute Gasteiger partial charge is 0.346 e. The van der Waals surface area contributed by atoms with Crippen LogP contribution in [0.2, 0.25) is 0 Å². The maximum absolute atomic E-state index is 12.9. The second-order valence-corrected chi connectivity index (χ2v) is 7.71. The van der Waals surface area contributed by atoms with Crippen molar-refractivity contribution < 1.29 is 9.32 Å². The van der Waals surface area contributed by atoms with E-state index in [4.69, 9.17) is 4.52 Å². The van der Waals surface area contributed by atoms with E-state index in [1.54, 1.807) is 0 Å². The van der Waals surface area contributed by atoms with Crippen LogP contribution in [0.4, 0.5) is 0 Å². The highest BCUT2D eigenvalue weighted by molar-refractivity contribution is 5.96. The molecule has 1 saturated carbocycles. The Labute approximate surface area is 149 Å². The molecule has 0 radical (unpaired) electrons. The molecule has 0 aliphatic heterocycles. The quantitative estimate of drug-likeness (QED) is 0.857. The average Bonchev–Trinajstić information content (AvgIpc) is 3.18. The summed E-state index contributed by atoms with van der Waals surface area (Å²) < 4.78 is 7.62. The third kappa shape index (κ3) is 3.48. The number of hydrogen-bond donors (Lipinski definition) is 1. The van der Waals surface area contributed by atoms with Gasteiger partial charge < -0.3 is 14.4 Å². The van der Waals surface area contributed by atoms with Crippen LogP contribution in [0, 0.1) is 19.8 Å². The third-order valence-corrected chi connectivity index (χ3v) is 4.86. The molecule has 0 saturated heterocycles. The molecule has 2 aromatic heterocycles. The second kappa shape index (κ2) is 6.65. The Morgan fingerprint density at radius 1 is 1.28 bits per heavy atom. The van der Waals surface area contributed by atoms with Crippen LogP contribution < -0.4 is 5.32 Å². The second-order valence-electron chi connectivity index (χ2n) is 7.71. The number of rotatable bonds is 6. The molecular formula is C19H28N4O2. The molecular weight excluding hydrogens is 316 g/mol. The summed E-state index contributed by atoms with van der Waals surface area (Å²) in [7, 11) is 0. The van der Waals surface area contributed by atoms with Crippen LogP contribution in [0.15, 0.2) is 10.6 Å². The zero-order chi connectivity index (χ0) is 18.3. The van der Waals surface area contributed by atoms with E-state index < -0.39 is 0 Å². The van der Waals surface area contributed by atoms with Gasteiger partial charge in [-0.1, -0.05) is 19.0 Å². The standard InChI is InChI=1S/C19H28N4O2/c1-10(2)16(19-21-17(22-25-19)14-7-8-14)20-18(24)15-9-12(5)23(11(3)4)13(15)6/h9-11,14,16H,7-8H2,1-6H3,(H,20,24). The van der Waals surface area contributed by atoms with Gasteiger partial charge in [-0.15, -0.1) is 0 Å². The smallest absolute Gasteiger partial charge is 0.253 e. The normalized spacial score (nSPS) is 15.8. The molecule has 1 aliphatic carbocycles. The summed E-state index contributed by atoms with van der Waals surface area (Å²) in [5, 5.41) is 7.17. The number of carbonyl (C=O) groups is 1. The van der Waals surface area contributed by atoms with Gasteiger partial charge in [0, 0.05) is 23.3 Å². The average molecular weight is 344 g/mol. The Bertz CT molecular complexity index is 768. The van der Waals surface area contributed by atoms with Crippen LogP contribution in [0.5, 0.6) is 0 Å². The number of nitrogens with one attached hydrogen (secondary N) is 1. The SMILES string of the molecule is Cc1cc(C(=O)NC(c2nc(C3CC3)no2)C(C)C)c(C)n1C(C)C. The molecule has 0 aromatic carbocycles. The van der Waals surface area contributed by atoms with E-state index in [-0.39, 0.29) is 17.9 Å². The fourth-order valence-corrected chi connectivity index (χ4v) is 3.42. The molecule has 1 aliphatic rings. The highest BCUT2D eigenvalue weighted by atomic mass is 16.5. The highest BCUT2D eigenvalue weighted by Gasteiger charge is 2.32. The first-order chi connectivity index (χ1) is 11.8. The number of amides is 1. The van der Waals surface area contributed by atoms with Gasteiger partial charge in [0.2, 0.25) is 5.89 Å². The molecule has 1 N–H and O–H groups in total. The molecule has 136 valence electrons. The summed E-state index contributed by atoms with van der Waals surface area (Å²) in [6.45, 7) is 12.4. The zero-order valence-corrected chi connectivity index (χ0v) is 16.0. The predicted molar refractivity (Wildman–Crippen MR) is 95.6 cm³/mol. The number of hydrogen-bond acceptors (Lipinski definition) is 4. The highest BCUT2D eigenvalue weighted by Crippen LogP contribution is 2.38. The van der Waals surface area contributed by atoms with E-state index in [0.29, 0.717) is 23.4 Å². The Morgan fingerprint density at radius 2 is 1.96 bits per heavy atom. The Kier molecular flexibility index (Phi) is 4.71. The first-order valence-corrected chi connectivity index (χ1v) is 9.12. The van der Waals surface area contributed by atoms with Crippen molar-refractivity contribution >= 4 is 5.91 Å². The molecule has 3 rings (SSSR count). The van der Waals surface area contributed by atoms with Crippen molar-refractivity contribution in [2.24, 2.45) is 5.92 Å². The van der Waals surface area contributed by atoms with Crippen LogP contribution in [0.3, 0.4) is 0 Å². The lowest BCUT2D eigenvalue weighted by molar-refractivity contribution is 0.0913. The van der Waals surface area contributed by atoms with Crippen molar-refractivity contribution in [3.8, 4) is 0 Å². The monoisotopic (exact) mass is 344 g/mol. The van der Waals surface area contributed by atoms with E-state index in [9.17, 15) is 4.79 Å². The molecule has 25 heavy (non-hydrogen) atoms. The lowest BCUT2D eigenvalue weighted by Crippen LogP contribution is -2.32. The predicted octanol–water partition coefficient (Wildman–Crippen LogP) is 4.07. The molecule has 2 heterocycles. The summed E-state index contributed by atoms with van der Waals surface area (Å²) >= 11 is 0. The fourth-order valence-electron chi connectivity index (χ4n) is 3.42. The van der Waals surface area contributed by atoms with Crippen molar-refractivity contribution in [1.29, 1.82) is 0 Å². The van der Waals surface area contributed by atoms with Gasteiger partial charge in [-0.05, 0) is 52.5 Å². The van der Waals surface area contributed by atoms with Crippen molar-refractivity contribution in [1.82, 2.24) is 20.0 Å². The van der Waals surface area contributed by atoms with Gasteiger partial charge in [-0.3, -0.25) is 4.79 Å². The molecule has 6 heteroatoms. The van der Waals surface area contributed by atoms with Gasteiger partial charge in [-0.25, -0.2) is 0 Å². The molecule has 0 bridgehead atoms. The van der Waals surface area contributed by atoms with Crippen molar-refractivity contribution in [2.75, 3.05) is 0 Å². The fraction of sp³-hybridized carbons (Fsp3) is 0.632. The van der Waals surface area contributed by atoms with Crippen LogP contribution in [0.1, 0.15) is 92.0 Å². The Hall–Kier alpha value is -2.11. The number of aryl methyl sites for hydroxylation is 1. The molecule has 1 fully saturated rings. The van der Waals surface area contributed by atoms with Gasteiger partial charge in [0.15, 0.2) is 5.82 Å². The van der Waals surface area contributed by atoms with Gasteiger partial charge in [0.1, 0.15) is 6.04 Å². The van der Waals surface area contributed by atoms with Crippen LogP contribution >= 0.6 is 0 Å². The number of aromatic nitrogens is 3. The Balaban J connectivity index is 1.82. The number of nitrogens with zero attached hydrogens (tertiary/aromatic N) is 3. The molecule has 1 unspecified atom stereocenters. The van der Waals surface area contributed by atoms with Crippen LogP contribution in [-0.4, -0.2) is 20.6 Å². The van der Waals surface area contributed by atoms with Crippen LogP contribution in [0.25, 0.3) is 0 Å². The molecule has 0 spiro atoms. The van der Waals surface area contributed by atoms with Gasteiger partial charge in [0.05, 0.1) is 5.56 Å². The summed E-state index contributed by atoms with van der Waals surface area (Å²) in [4.78, 5) is 17.4. The van der Waals surface area contributed by atoms with Gasteiger partial charge in [0.25, 0.3) is 5.91 Å². The van der Waals surface area contributed by atoms with E-state index in [1.165, 1.54) is 0 Å². The lowest BCUT2D eigenvalue weighted by atomic mass is 10.0. The van der Waals surface area contributed by atoms with Gasteiger partial charge >= 0.3 is 0 Å². The van der Waals surface area contributed by atoms with Crippen molar-refractivity contribution in [2.45, 2.75) is 72.4 Å². The first kappa shape index (κ1) is 17.7. The minimum absolute atomic E-state index is 0.0927. The summed E-state index contributed by atoms with van der Waals surface area (Å²) in [5.74, 6) is 1.77. The van der Waals surface area contributed by atoms with E-state index in [2.05, 4.69) is 33.9 Å². The zero-order valence-electron chi connectivity index (χ0n) is 16.0. The summed E-state index contributed by atoms with van der Waals surface area (Å²) in [6, 6.07) is 1.99. The lowest BCUT2D eigenvalue weighted by Gasteiger charge is -2.19. The van der Waals surface area contributed by atoms with Crippen LogP contribution in [-0.2, 0) is 0 Å². The minimum Gasteiger partial charge on any atom is -0.346 e. The topological polar surface area (TPSA) is 73.0 Å². The first-order valence-electron chi connectivity index (χ1n) is 9.12. The van der Waals surface area contributed by atoms with E-state index in [0.717, 1.165) is 30.1 Å². The van der Waals surface area contributed by atoms with Crippen molar-refractivity contribution in [3.63, 3.8) is 0 Å². The number of carbonyl (C=O) groups excluding carboxylic acids is 1.